The van der Waals surface area contributed by atoms with E-state index in [2.05, 4.69) is 6.92 Å². The van der Waals surface area contributed by atoms with Gasteiger partial charge in [0.1, 0.15) is 0 Å². The van der Waals surface area contributed by atoms with Crippen LogP contribution >= 0.6 is 0 Å². The molecular weight excluding hydrogens is 99.0 g/mol. The Bertz CT molecular complexity index is 33.6. The van der Waals surface area contributed by atoms with Crippen molar-refractivity contribution in [1.29, 1.82) is 0 Å². The van der Waals surface area contributed by atoms with Gasteiger partial charge in [0, 0.05) is 0 Å². The summed E-state index contributed by atoms with van der Waals surface area (Å²) in [5, 5.41) is 8.55. The van der Waals surface area contributed by atoms with Gasteiger partial charge in [0.05, 0.1) is 6.10 Å². The van der Waals surface area contributed by atoms with E-state index < -0.39 is 0 Å². The Morgan fingerprint density at radius 3 is 2.14 bits per heavy atom. The van der Waals surface area contributed by atoms with E-state index in [-0.39, 0.29) is 37.1 Å². The van der Waals surface area contributed by atoms with Crippen molar-refractivity contribution < 1.29 is 36.1 Å². The zero-order valence-electron chi connectivity index (χ0n) is 6.44. The fraction of sp³-hybridized carbons (Fsp3) is 1.00. The smallest absolute Gasteiger partial charge is 1.00 e. The van der Waals surface area contributed by atoms with Gasteiger partial charge in [0.25, 0.3) is 0 Å². The van der Waals surface area contributed by atoms with E-state index in [4.69, 9.17) is 5.11 Å². The van der Waals surface area contributed by atoms with Gasteiger partial charge in [0.2, 0.25) is 0 Å². The summed E-state index contributed by atoms with van der Waals surface area (Å²) in [6.07, 6.45) is 1.91. The molecule has 0 fully saturated rings. The maximum Gasteiger partial charge on any atom is 1.00 e. The molecule has 1 nitrogen and oxygen atoms in total. The van der Waals surface area contributed by atoms with Gasteiger partial charge in [-0.1, -0.05) is 13.3 Å². The summed E-state index contributed by atoms with van der Waals surface area (Å²) in [4.78, 5) is 0. The average molecular weight is 112 g/mol. The average Bonchev–Trinajstić information content (AvgIpc) is 1.35. The van der Waals surface area contributed by atoms with E-state index in [1.807, 2.05) is 6.92 Å². The molecule has 0 spiro atoms. The molecule has 40 valence electrons. The van der Waals surface area contributed by atoms with E-state index in [0.29, 0.717) is 0 Å². The molecule has 0 unspecified atom stereocenters. The van der Waals surface area contributed by atoms with E-state index in [1.165, 1.54) is 0 Å². The van der Waals surface area contributed by atoms with Crippen molar-refractivity contribution in [2.45, 2.75) is 32.8 Å². The second kappa shape index (κ2) is 6.96. The van der Waals surface area contributed by atoms with E-state index in [0.717, 1.165) is 12.8 Å². The maximum atomic E-state index is 8.55. The molecule has 0 saturated carbocycles. The largest absolute Gasteiger partial charge is 1.00 e. The fourth-order valence-electron chi connectivity index (χ4n) is 0.418. The Kier molecular flexibility index (Phi) is 10.8. The first-order valence-corrected chi connectivity index (χ1v) is 2.45. The number of aliphatic hydroxyl groups is 1. The van der Waals surface area contributed by atoms with Crippen LogP contribution in [0.3, 0.4) is 0 Å². The number of aliphatic hydroxyl groups excluding tert-OH is 1. The van der Waals surface area contributed by atoms with Gasteiger partial charge in [0.15, 0.2) is 0 Å². The molecule has 2 heteroatoms. The Morgan fingerprint density at radius 1 is 1.71 bits per heavy atom. The monoisotopic (exact) mass is 112 g/mol. The second-order valence-electron chi connectivity index (χ2n) is 1.64. The number of rotatable bonds is 2. The predicted octanol–water partition coefficient (Wildman–Crippen LogP) is -1.72. The summed E-state index contributed by atoms with van der Waals surface area (Å²) in [6, 6.07) is 0. The van der Waals surface area contributed by atoms with Gasteiger partial charge in [-0.05, 0) is 13.3 Å². The molecule has 0 aliphatic carbocycles. The predicted molar refractivity (Wildman–Crippen MR) is 27.7 cm³/mol. The van der Waals surface area contributed by atoms with Crippen molar-refractivity contribution in [2.24, 2.45) is 0 Å². The summed E-state index contributed by atoms with van der Waals surface area (Å²) in [7, 11) is 0. The van der Waals surface area contributed by atoms with Crippen molar-refractivity contribution >= 4 is 0 Å². The standard InChI is InChI=1S/C5H12O.Na.H/c1-3-4-5(2)6;;/h5-6H,3-4H2,1-2H3;;/q;+1;-1/t5-;;/m1../s1. The second-order valence-corrected chi connectivity index (χ2v) is 1.64. The minimum atomic E-state index is -0.102. The summed E-state index contributed by atoms with van der Waals surface area (Å²) in [6.45, 7) is 3.87. The van der Waals surface area contributed by atoms with Crippen LogP contribution in [-0.4, -0.2) is 11.2 Å². The third-order valence-corrected chi connectivity index (χ3v) is 0.706. The molecule has 0 aromatic heterocycles. The van der Waals surface area contributed by atoms with Gasteiger partial charge in [-0.15, -0.1) is 0 Å². The van der Waals surface area contributed by atoms with E-state index in [9.17, 15) is 0 Å². The topological polar surface area (TPSA) is 20.2 Å². The van der Waals surface area contributed by atoms with Crippen LogP contribution in [0.4, 0.5) is 0 Å². The zero-order chi connectivity index (χ0) is 4.99. The number of hydrogen-bond donors (Lipinski definition) is 1. The zero-order valence-corrected chi connectivity index (χ0v) is 7.44. The first kappa shape index (κ1) is 10.9. The van der Waals surface area contributed by atoms with Crippen LogP contribution in [0.2, 0.25) is 0 Å². The molecule has 0 aliphatic heterocycles. The van der Waals surface area contributed by atoms with Gasteiger partial charge in [-0.25, -0.2) is 0 Å². The van der Waals surface area contributed by atoms with Crippen molar-refractivity contribution in [3.05, 3.63) is 0 Å². The third kappa shape index (κ3) is 10.9. The van der Waals surface area contributed by atoms with Crippen LogP contribution in [0.15, 0.2) is 0 Å². The first-order chi connectivity index (χ1) is 2.77. The van der Waals surface area contributed by atoms with Crippen molar-refractivity contribution in [3.8, 4) is 0 Å². The molecule has 0 aromatic rings. The number of hydrogen-bond acceptors (Lipinski definition) is 1. The molecule has 0 aromatic carbocycles. The van der Waals surface area contributed by atoms with Crippen LogP contribution in [0.1, 0.15) is 28.1 Å². The molecule has 0 rings (SSSR count). The van der Waals surface area contributed by atoms with Crippen molar-refractivity contribution in [2.75, 3.05) is 0 Å². The summed E-state index contributed by atoms with van der Waals surface area (Å²) in [5.41, 5.74) is 0. The van der Waals surface area contributed by atoms with Crippen LogP contribution in [-0.2, 0) is 0 Å². The van der Waals surface area contributed by atoms with Gasteiger partial charge in [-0.3, -0.25) is 0 Å². The summed E-state index contributed by atoms with van der Waals surface area (Å²) in [5.74, 6) is 0. The van der Waals surface area contributed by atoms with Crippen LogP contribution < -0.4 is 29.6 Å². The van der Waals surface area contributed by atoms with Crippen LogP contribution in [0, 0.1) is 0 Å². The van der Waals surface area contributed by atoms with E-state index in [1.54, 1.807) is 0 Å². The SMILES string of the molecule is CCC[C@@H](C)O.[H-].[Na+]. The van der Waals surface area contributed by atoms with Crippen molar-refractivity contribution in [1.82, 2.24) is 0 Å². The fourth-order valence-corrected chi connectivity index (χ4v) is 0.418. The molecule has 0 saturated heterocycles. The minimum Gasteiger partial charge on any atom is -1.00 e. The van der Waals surface area contributed by atoms with Crippen LogP contribution in [0.25, 0.3) is 0 Å². The Balaban J connectivity index is -0.000000125. The Labute approximate surface area is 68.9 Å². The molecule has 0 heterocycles. The molecule has 0 amide bonds. The molecule has 0 aliphatic rings. The van der Waals surface area contributed by atoms with Gasteiger partial charge >= 0.3 is 29.6 Å². The maximum absolute atomic E-state index is 8.55. The molecule has 0 bridgehead atoms. The first-order valence-electron chi connectivity index (χ1n) is 2.45. The molecule has 0 radical (unpaired) electrons. The summed E-state index contributed by atoms with van der Waals surface area (Å²) >= 11 is 0. The van der Waals surface area contributed by atoms with Gasteiger partial charge < -0.3 is 6.53 Å². The Hall–Kier alpha value is 0.960. The van der Waals surface area contributed by atoms with Crippen LogP contribution in [0.5, 0.6) is 0 Å². The molecule has 1 N–H and O–H groups in total. The third-order valence-electron chi connectivity index (χ3n) is 0.706. The normalized spacial score (nSPS) is 12.4. The van der Waals surface area contributed by atoms with Crippen molar-refractivity contribution in [3.63, 3.8) is 0 Å². The quantitative estimate of drug-likeness (QED) is 0.421. The molecule has 1 atom stereocenters. The molecule has 7 heavy (non-hydrogen) atoms. The minimum absolute atomic E-state index is 0. The van der Waals surface area contributed by atoms with E-state index >= 15 is 0 Å². The Morgan fingerprint density at radius 2 is 2.14 bits per heavy atom. The van der Waals surface area contributed by atoms with Gasteiger partial charge in [-0.2, -0.15) is 0 Å². The summed E-state index contributed by atoms with van der Waals surface area (Å²) < 4.78 is 0. The molecular formula is C5H13NaO.